The van der Waals surface area contributed by atoms with Crippen molar-refractivity contribution < 1.29 is 0 Å². The SMILES string of the molecule is CSc1ccc(C(=N)/C(=C\C#N)c2ccc3nccn3c2)cc1. The van der Waals surface area contributed by atoms with Gasteiger partial charge in [0.1, 0.15) is 5.65 Å². The van der Waals surface area contributed by atoms with Crippen molar-refractivity contribution in [2.24, 2.45) is 0 Å². The second-order valence-electron chi connectivity index (χ2n) is 4.90. The Morgan fingerprint density at radius 3 is 2.65 bits per heavy atom. The van der Waals surface area contributed by atoms with Crippen LogP contribution in [0, 0.1) is 16.7 Å². The van der Waals surface area contributed by atoms with Crippen molar-refractivity contribution in [1.82, 2.24) is 9.38 Å². The number of imidazole rings is 1. The maximum Gasteiger partial charge on any atom is 0.136 e. The van der Waals surface area contributed by atoms with Gasteiger partial charge in [-0.1, -0.05) is 12.1 Å². The van der Waals surface area contributed by atoms with Gasteiger partial charge in [0.25, 0.3) is 0 Å². The highest BCUT2D eigenvalue weighted by Gasteiger charge is 2.12. The van der Waals surface area contributed by atoms with Crippen LogP contribution in [-0.2, 0) is 0 Å². The molecule has 0 aliphatic carbocycles. The van der Waals surface area contributed by atoms with Gasteiger partial charge in [-0.25, -0.2) is 4.98 Å². The minimum absolute atomic E-state index is 0.332. The number of pyridine rings is 1. The summed E-state index contributed by atoms with van der Waals surface area (Å²) >= 11 is 1.66. The van der Waals surface area contributed by atoms with Crippen molar-refractivity contribution in [2.75, 3.05) is 6.26 Å². The minimum Gasteiger partial charge on any atom is -0.306 e. The number of fused-ring (bicyclic) bond motifs is 1. The van der Waals surface area contributed by atoms with Crippen LogP contribution in [0.5, 0.6) is 0 Å². The Hall–Kier alpha value is -2.84. The first kappa shape index (κ1) is 15.1. The zero-order valence-corrected chi connectivity index (χ0v) is 13.3. The summed E-state index contributed by atoms with van der Waals surface area (Å²) in [5, 5.41) is 17.6. The molecule has 5 heteroatoms. The standard InChI is InChI=1S/C18H14N4S/c1-23-15-5-2-13(3-6-15)18(20)16(8-9-19)14-4-7-17-21-10-11-22(17)12-14/h2-8,10-12,20H,1H3/b16-8-,20-18?. The summed E-state index contributed by atoms with van der Waals surface area (Å²) in [7, 11) is 0. The second-order valence-corrected chi connectivity index (χ2v) is 5.78. The van der Waals surface area contributed by atoms with Crippen LogP contribution in [0.1, 0.15) is 11.1 Å². The van der Waals surface area contributed by atoms with Crippen molar-refractivity contribution in [1.29, 1.82) is 10.7 Å². The van der Waals surface area contributed by atoms with E-state index in [1.54, 1.807) is 18.0 Å². The normalized spacial score (nSPS) is 11.4. The fraction of sp³-hybridized carbons (Fsp3) is 0.0556. The Balaban J connectivity index is 2.02. The minimum atomic E-state index is 0.332. The van der Waals surface area contributed by atoms with E-state index in [1.807, 2.05) is 65.5 Å². The van der Waals surface area contributed by atoms with E-state index in [9.17, 15) is 0 Å². The predicted molar refractivity (Wildman–Crippen MR) is 93.8 cm³/mol. The molecule has 0 aliphatic heterocycles. The van der Waals surface area contributed by atoms with Crippen LogP contribution >= 0.6 is 11.8 Å². The predicted octanol–water partition coefficient (Wildman–Crippen LogP) is 4.03. The van der Waals surface area contributed by atoms with Crippen LogP contribution in [-0.4, -0.2) is 21.4 Å². The Morgan fingerprint density at radius 2 is 1.96 bits per heavy atom. The van der Waals surface area contributed by atoms with Crippen molar-refractivity contribution >= 4 is 28.7 Å². The molecule has 1 aromatic carbocycles. The monoisotopic (exact) mass is 318 g/mol. The van der Waals surface area contributed by atoms with Crippen LogP contribution in [0.3, 0.4) is 0 Å². The lowest BCUT2D eigenvalue weighted by molar-refractivity contribution is 1.18. The maximum atomic E-state index is 9.10. The van der Waals surface area contributed by atoms with Gasteiger partial charge in [-0.05, 0) is 30.5 Å². The molecule has 2 aromatic heterocycles. The Bertz CT molecular complexity index is 930. The highest BCUT2D eigenvalue weighted by molar-refractivity contribution is 7.98. The molecule has 0 amide bonds. The Labute approximate surface area is 138 Å². The first-order chi connectivity index (χ1) is 11.2. The smallest absolute Gasteiger partial charge is 0.136 e. The summed E-state index contributed by atoms with van der Waals surface area (Å²) in [5.41, 5.74) is 3.37. The lowest BCUT2D eigenvalue weighted by Crippen LogP contribution is -2.04. The highest BCUT2D eigenvalue weighted by atomic mass is 32.2. The molecule has 23 heavy (non-hydrogen) atoms. The summed E-state index contributed by atoms with van der Waals surface area (Å²) < 4.78 is 1.88. The van der Waals surface area contributed by atoms with Gasteiger partial charge in [0, 0.05) is 46.3 Å². The molecular formula is C18H14N4S. The molecule has 0 bridgehead atoms. The van der Waals surface area contributed by atoms with Crippen LogP contribution < -0.4 is 0 Å². The topological polar surface area (TPSA) is 64.9 Å². The van der Waals surface area contributed by atoms with Gasteiger partial charge >= 0.3 is 0 Å². The van der Waals surface area contributed by atoms with E-state index in [0.717, 1.165) is 21.7 Å². The number of nitrogens with one attached hydrogen (secondary N) is 1. The van der Waals surface area contributed by atoms with Crippen molar-refractivity contribution in [3.05, 3.63) is 72.2 Å². The van der Waals surface area contributed by atoms with Crippen molar-refractivity contribution in [3.8, 4) is 6.07 Å². The van der Waals surface area contributed by atoms with Crippen LogP contribution in [0.15, 0.2) is 66.0 Å². The molecule has 0 radical (unpaired) electrons. The molecule has 0 fully saturated rings. The van der Waals surface area contributed by atoms with E-state index in [4.69, 9.17) is 10.7 Å². The molecule has 4 nitrogen and oxygen atoms in total. The van der Waals surface area contributed by atoms with Crippen molar-refractivity contribution in [3.63, 3.8) is 0 Å². The summed E-state index contributed by atoms with van der Waals surface area (Å²) in [4.78, 5) is 5.36. The first-order valence-corrected chi connectivity index (χ1v) is 8.21. The average molecular weight is 318 g/mol. The van der Waals surface area contributed by atoms with Gasteiger partial charge in [-0.3, -0.25) is 5.41 Å². The third-order valence-electron chi connectivity index (χ3n) is 3.56. The highest BCUT2D eigenvalue weighted by Crippen LogP contribution is 2.22. The molecule has 0 atom stereocenters. The lowest BCUT2D eigenvalue weighted by Gasteiger charge is -2.10. The Morgan fingerprint density at radius 1 is 1.22 bits per heavy atom. The van der Waals surface area contributed by atoms with E-state index in [0.29, 0.717) is 11.3 Å². The fourth-order valence-corrected chi connectivity index (χ4v) is 2.77. The van der Waals surface area contributed by atoms with E-state index in [1.165, 1.54) is 6.08 Å². The van der Waals surface area contributed by atoms with Crippen LogP contribution in [0.4, 0.5) is 0 Å². The third kappa shape index (κ3) is 3.03. The molecular weight excluding hydrogens is 304 g/mol. The molecule has 0 saturated carbocycles. The number of nitriles is 1. The van der Waals surface area contributed by atoms with E-state index in [-0.39, 0.29) is 0 Å². The van der Waals surface area contributed by atoms with Gasteiger partial charge in [-0.15, -0.1) is 11.8 Å². The molecule has 3 aromatic rings. The number of allylic oxidation sites excluding steroid dienone is 2. The van der Waals surface area contributed by atoms with Crippen molar-refractivity contribution in [2.45, 2.75) is 4.90 Å². The quantitative estimate of drug-likeness (QED) is 0.449. The van der Waals surface area contributed by atoms with E-state index >= 15 is 0 Å². The number of thioether (sulfide) groups is 1. The maximum absolute atomic E-state index is 9.10. The van der Waals surface area contributed by atoms with E-state index < -0.39 is 0 Å². The van der Waals surface area contributed by atoms with Gasteiger partial charge in [0.05, 0.1) is 11.8 Å². The Kier molecular flexibility index (Phi) is 4.26. The third-order valence-corrected chi connectivity index (χ3v) is 4.30. The number of hydrogen-bond donors (Lipinski definition) is 1. The number of nitrogens with zero attached hydrogens (tertiary/aromatic N) is 3. The fourth-order valence-electron chi connectivity index (χ4n) is 2.36. The zero-order valence-electron chi connectivity index (χ0n) is 12.5. The second kappa shape index (κ2) is 6.51. The molecule has 0 unspecified atom stereocenters. The van der Waals surface area contributed by atoms with Gasteiger partial charge < -0.3 is 4.40 Å². The summed E-state index contributed by atoms with van der Waals surface area (Å²) in [6.07, 6.45) is 8.89. The number of benzene rings is 1. The molecule has 2 heterocycles. The zero-order chi connectivity index (χ0) is 16.2. The van der Waals surface area contributed by atoms with Gasteiger partial charge in [-0.2, -0.15) is 5.26 Å². The molecule has 112 valence electrons. The summed E-state index contributed by atoms with van der Waals surface area (Å²) in [6.45, 7) is 0. The van der Waals surface area contributed by atoms with Crippen LogP contribution in [0.25, 0.3) is 11.2 Å². The summed E-state index contributed by atoms with van der Waals surface area (Å²) in [6, 6.07) is 13.6. The van der Waals surface area contributed by atoms with Crippen LogP contribution in [0.2, 0.25) is 0 Å². The molecule has 0 aliphatic rings. The number of hydrogen-bond acceptors (Lipinski definition) is 4. The number of rotatable bonds is 4. The molecule has 0 saturated heterocycles. The summed E-state index contributed by atoms with van der Waals surface area (Å²) in [5.74, 6) is 0. The molecule has 3 rings (SSSR count). The lowest BCUT2D eigenvalue weighted by atomic mass is 9.97. The molecule has 0 spiro atoms. The molecule has 1 N–H and O–H groups in total. The van der Waals surface area contributed by atoms with Gasteiger partial charge in [0.15, 0.2) is 0 Å². The first-order valence-electron chi connectivity index (χ1n) is 6.99. The van der Waals surface area contributed by atoms with Gasteiger partial charge in [0.2, 0.25) is 0 Å². The van der Waals surface area contributed by atoms with E-state index in [2.05, 4.69) is 4.98 Å². The average Bonchev–Trinajstić information content (AvgIpc) is 3.07. The largest absolute Gasteiger partial charge is 0.306 e. The number of aromatic nitrogens is 2.